The summed E-state index contributed by atoms with van der Waals surface area (Å²) in [6, 6.07) is 3.19. The van der Waals surface area contributed by atoms with Crippen LogP contribution in [0.25, 0.3) is 0 Å². The summed E-state index contributed by atoms with van der Waals surface area (Å²) in [6.45, 7) is 1.78. The van der Waals surface area contributed by atoms with Crippen molar-refractivity contribution in [2.24, 2.45) is 5.92 Å². The van der Waals surface area contributed by atoms with E-state index in [0.29, 0.717) is 26.7 Å². The maximum Gasteiger partial charge on any atom is 0.235 e. The van der Waals surface area contributed by atoms with Crippen LogP contribution in [0, 0.1) is 5.92 Å². The lowest BCUT2D eigenvalue weighted by Gasteiger charge is -2.22. The first kappa shape index (κ1) is 15.0. The molecule has 0 radical (unpaired) electrons. The number of nitrogens with zero attached hydrogens (tertiary/aromatic N) is 1. The highest BCUT2D eigenvalue weighted by atomic mass is 35.5. The topological polar surface area (TPSA) is 47.3 Å². The highest BCUT2D eigenvalue weighted by molar-refractivity contribution is 6.43. The largest absolute Gasteiger partial charge is 0.479 e. The van der Waals surface area contributed by atoms with Gasteiger partial charge < -0.3 is 14.5 Å². The van der Waals surface area contributed by atoms with Crippen molar-refractivity contribution in [1.29, 1.82) is 0 Å². The zero-order chi connectivity index (χ0) is 14.8. The molecule has 0 saturated carbocycles. The Bertz CT molecular complexity index is 613. The second-order valence-electron chi connectivity index (χ2n) is 4.86. The normalized spacial score (nSPS) is 19.7. The summed E-state index contributed by atoms with van der Waals surface area (Å²) in [6.07, 6.45) is 3.80. The van der Waals surface area contributed by atoms with Crippen LogP contribution in [0.2, 0.25) is 15.1 Å². The van der Waals surface area contributed by atoms with E-state index in [-0.39, 0.29) is 12.0 Å². The van der Waals surface area contributed by atoms with Crippen molar-refractivity contribution >= 4 is 34.8 Å². The molecule has 2 heterocycles. The monoisotopic (exact) mass is 346 g/mol. The van der Waals surface area contributed by atoms with E-state index < -0.39 is 0 Å². The summed E-state index contributed by atoms with van der Waals surface area (Å²) in [4.78, 5) is 4.21. The van der Waals surface area contributed by atoms with Gasteiger partial charge in [-0.15, -0.1) is 0 Å². The van der Waals surface area contributed by atoms with Crippen LogP contribution in [0.3, 0.4) is 0 Å². The summed E-state index contributed by atoms with van der Waals surface area (Å²) >= 11 is 18.1. The van der Waals surface area contributed by atoms with E-state index in [2.05, 4.69) is 10.3 Å². The SMILES string of the molecule is Clc1cc(Cl)c(O[C@H](c2ncco2)[C@@H]2CCNC2)cc1Cl. The summed E-state index contributed by atoms with van der Waals surface area (Å²) in [7, 11) is 0. The van der Waals surface area contributed by atoms with E-state index in [1.54, 1.807) is 18.3 Å². The summed E-state index contributed by atoms with van der Waals surface area (Å²) in [5.41, 5.74) is 0. The second kappa shape index (κ2) is 6.44. The molecular weight excluding hydrogens is 335 g/mol. The number of hydrogen-bond acceptors (Lipinski definition) is 4. The van der Waals surface area contributed by atoms with Gasteiger partial charge in [0.05, 0.1) is 21.3 Å². The molecule has 0 spiro atoms. The Balaban J connectivity index is 1.89. The summed E-state index contributed by atoms with van der Waals surface area (Å²) in [5, 5.41) is 4.50. The van der Waals surface area contributed by atoms with Gasteiger partial charge in [-0.2, -0.15) is 0 Å². The Morgan fingerprint density at radius 2 is 2.05 bits per heavy atom. The third-order valence-electron chi connectivity index (χ3n) is 3.45. The van der Waals surface area contributed by atoms with Gasteiger partial charge in [0, 0.05) is 18.5 Å². The molecule has 0 bridgehead atoms. The van der Waals surface area contributed by atoms with Gasteiger partial charge in [-0.25, -0.2) is 4.98 Å². The Morgan fingerprint density at radius 1 is 1.24 bits per heavy atom. The molecule has 4 nitrogen and oxygen atoms in total. The lowest BCUT2D eigenvalue weighted by Crippen LogP contribution is -2.21. The maximum absolute atomic E-state index is 6.18. The lowest BCUT2D eigenvalue weighted by molar-refractivity contribution is 0.114. The Labute approximate surface area is 137 Å². The summed E-state index contributed by atoms with van der Waals surface area (Å²) < 4.78 is 11.4. The number of hydrogen-bond donors (Lipinski definition) is 1. The van der Waals surface area contributed by atoms with Gasteiger partial charge in [-0.3, -0.25) is 0 Å². The van der Waals surface area contributed by atoms with Crippen molar-refractivity contribution in [2.75, 3.05) is 13.1 Å². The quantitative estimate of drug-likeness (QED) is 0.835. The van der Waals surface area contributed by atoms with Gasteiger partial charge in [0.2, 0.25) is 5.89 Å². The van der Waals surface area contributed by atoms with Crippen LogP contribution in [-0.2, 0) is 0 Å². The predicted molar refractivity (Wildman–Crippen MR) is 82.3 cm³/mol. The molecular formula is C14H13Cl3N2O2. The molecule has 0 unspecified atom stereocenters. The maximum atomic E-state index is 6.18. The van der Waals surface area contributed by atoms with Gasteiger partial charge in [0.1, 0.15) is 12.0 Å². The van der Waals surface area contributed by atoms with E-state index >= 15 is 0 Å². The van der Waals surface area contributed by atoms with Crippen LogP contribution in [0.5, 0.6) is 5.75 Å². The van der Waals surface area contributed by atoms with Crippen molar-refractivity contribution in [1.82, 2.24) is 10.3 Å². The average Bonchev–Trinajstić information content (AvgIpc) is 3.14. The highest BCUT2D eigenvalue weighted by Gasteiger charge is 2.32. The highest BCUT2D eigenvalue weighted by Crippen LogP contribution is 2.38. The number of oxazole rings is 1. The van der Waals surface area contributed by atoms with Gasteiger partial charge >= 0.3 is 0 Å². The van der Waals surface area contributed by atoms with Crippen molar-refractivity contribution in [2.45, 2.75) is 12.5 Å². The zero-order valence-electron chi connectivity index (χ0n) is 11.0. The molecule has 2 aromatic rings. The van der Waals surface area contributed by atoms with Crippen LogP contribution >= 0.6 is 34.8 Å². The van der Waals surface area contributed by atoms with E-state index in [4.69, 9.17) is 44.0 Å². The van der Waals surface area contributed by atoms with Gasteiger partial charge in [0.25, 0.3) is 0 Å². The molecule has 0 aliphatic carbocycles. The first-order chi connectivity index (χ1) is 10.1. The zero-order valence-corrected chi connectivity index (χ0v) is 13.3. The van der Waals surface area contributed by atoms with Gasteiger partial charge in [0.15, 0.2) is 6.10 Å². The smallest absolute Gasteiger partial charge is 0.235 e. The number of rotatable bonds is 4. The van der Waals surface area contributed by atoms with E-state index in [1.807, 2.05) is 0 Å². The fourth-order valence-electron chi connectivity index (χ4n) is 2.39. The van der Waals surface area contributed by atoms with Crippen molar-refractivity contribution < 1.29 is 9.15 Å². The first-order valence-corrected chi connectivity index (χ1v) is 7.70. The molecule has 3 rings (SSSR count). The fourth-order valence-corrected chi connectivity index (χ4v) is 2.97. The molecule has 1 aromatic heterocycles. The molecule has 112 valence electrons. The number of nitrogens with one attached hydrogen (secondary N) is 1. The average molecular weight is 348 g/mol. The molecule has 1 aromatic carbocycles. The molecule has 1 aliphatic rings. The molecule has 7 heteroatoms. The fraction of sp³-hybridized carbons (Fsp3) is 0.357. The number of benzene rings is 1. The van der Waals surface area contributed by atoms with E-state index in [9.17, 15) is 0 Å². The molecule has 1 N–H and O–H groups in total. The predicted octanol–water partition coefficient (Wildman–Crippen LogP) is 4.36. The molecule has 0 amide bonds. The van der Waals surface area contributed by atoms with Crippen molar-refractivity contribution in [3.63, 3.8) is 0 Å². The molecule has 2 atom stereocenters. The Morgan fingerprint density at radius 3 is 2.71 bits per heavy atom. The van der Waals surface area contributed by atoms with Crippen LogP contribution < -0.4 is 10.1 Å². The second-order valence-corrected chi connectivity index (χ2v) is 6.08. The lowest BCUT2D eigenvalue weighted by atomic mass is 10.0. The van der Waals surface area contributed by atoms with Crippen molar-refractivity contribution in [3.8, 4) is 5.75 Å². The minimum Gasteiger partial charge on any atom is -0.479 e. The third-order valence-corrected chi connectivity index (χ3v) is 4.47. The third kappa shape index (κ3) is 3.29. The van der Waals surface area contributed by atoms with Crippen LogP contribution in [0.1, 0.15) is 18.4 Å². The molecule has 1 saturated heterocycles. The first-order valence-electron chi connectivity index (χ1n) is 6.56. The molecule has 1 fully saturated rings. The van der Waals surface area contributed by atoms with Gasteiger partial charge in [-0.05, 0) is 19.0 Å². The van der Waals surface area contributed by atoms with Crippen LogP contribution in [0.4, 0.5) is 0 Å². The van der Waals surface area contributed by atoms with E-state index in [1.165, 1.54) is 6.26 Å². The van der Waals surface area contributed by atoms with Crippen molar-refractivity contribution in [3.05, 3.63) is 45.6 Å². The van der Waals surface area contributed by atoms with Crippen LogP contribution in [0.15, 0.2) is 29.0 Å². The summed E-state index contributed by atoms with van der Waals surface area (Å²) in [5.74, 6) is 1.26. The molecule has 1 aliphatic heterocycles. The minimum absolute atomic E-state index is 0.258. The van der Waals surface area contributed by atoms with E-state index in [0.717, 1.165) is 19.5 Å². The number of halogens is 3. The number of aromatic nitrogens is 1. The Hall–Kier alpha value is -0.940. The van der Waals surface area contributed by atoms with Gasteiger partial charge in [-0.1, -0.05) is 34.8 Å². The standard InChI is InChI=1S/C14H13Cl3N2O2/c15-9-5-11(17)12(6-10(9)16)21-13(8-1-2-18-7-8)14-19-3-4-20-14/h3-6,8,13,18H,1-2,7H2/t8-,13+/m1/s1. The minimum atomic E-state index is -0.315. The molecule has 21 heavy (non-hydrogen) atoms. The Kier molecular flexibility index (Phi) is 4.60. The van der Waals surface area contributed by atoms with Crippen LogP contribution in [-0.4, -0.2) is 18.1 Å². The number of ether oxygens (including phenoxy) is 1.